The zero-order valence-electron chi connectivity index (χ0n) is 15.3. The summed E-state index contributed by atoms with van der Waals surface area (Å²) in [7, 11) is 0. The van der Waals surface area contributed by atoms with Gasteiger partial charge in [0.15, 0.2) is 17.7 Å². The van der Waals surface area contributed by atoms with E-state index >= 15 is 0 Å². The van der Waals surface area contributed by atoms with Gasteiger partial charge in [0.25, 0.3) is 0 Å². The molecule has 3 aromatic rings. The van der Waals surface area contributed by atoms with E-state index in [4.69, 9.17) is 34.8 Å². The highest BCUT2D eigenvalue weighted by molar-refractivity contribution is 9.10. The summed E-state index contributed by atoms with van der Waals surface area (Å²) in [6, 6.07) is 7.01. The third kappa shape index (κ3) is 3.82. The molecule has 0 radical (unpaired) electrons. The van der Waals surface area contributed by atoms with Crippen LogP contribution in [0.25, 0.3) is 5.69 Å². The Kier molecular flexibility index (Phi) is 5.74. The minimum absolute atomic E-state index is 0.00893. The predicted molar refractivity (Wildman–Crippen MR) is 115 cm³/mol. The average Bonchev–Trinajstić information content (AvgIpc) is 3.33. The zero-order valence-corrected chi connectivity index (χ0v) is 19.2. The first-order valence-electron chi connectivity index (χ1n) is 8.71. The number of hydroxylamine groups is 1. The first-order chi connectivity index (χ1) is 14.5. The molecular weight excluding hydrogens is 543 g/mol. The van der Waals surface area contributed by atoms with Crippen LogP contribution < -0.4 is 0 Å². The molecule has 0 fully saturated rings. The molecule has 0 bridgehead atoms. The number of hydrogen-bond acceptors (Lipinski definition) is 3. The van der Waals surface area contributed by atoms with Crippen LogP contribution in [0.4, 0.5) is 13.2 Å². The largest absolute Gasteiger partial charge is 0.624 e. The van der Waals surface area contributed by atoms with Crippen LogP contribution in [-0.2, 0) is 5.41 Å². The van der Waals surface area contributed by atoms with Crippen molar-refractivity contribution in [1.82, 2.24) is 14.8 Å². The molecule has 2 aromatic carbocycles. The van der Waals surface area contributed by atoms with Crippen LogP contribution in [0.3, 0.4) is 0 Å². The van der Waals surface area contributed by atoms with Gasteiger partial charge in [-0.2, -0.15) is 18.3 Å². The molecule has 0 aliphatic carbocycles. The third-order valence-electron chi connectivity index (χ3n) is 5.21. The molecule has 0 saturated heterocycles. The summed E-state index contributed by atoms with van der Waals surface area (Å²) in [5, 5.41) is 16.5. The van der Waals surface area contributed by atoms with Gasteiger partial charge in [0.2, 0.25) is 0 Å². The Bertz CT molecular complexity index is 1180. The molecule has 31 heavy (non-hydrogen) atoms. The van der Waals surface area contributed by atoms with Crippen LogP contribution in [0.5, 0.6) is 0 Å². The van der Waals surface area contributed by atoms with Crippen LogP contribution in [0.2, 0.25) is 15.1 Å². The molecule has 1 unspecified atom stereocenters. The van der Waals surface area contributed by atoms with Gasteiger partial charge in [0, 0.05) is 10.0 Å². The van der Waals surface area contributed by atoms with Crippen molar-refractivity contribution in [2.75, 3.05) is 6.54 Å². The quantitative estimate of drug-likeness (QED) is 0.220. The van der Waals surface area contributed by atoms with Crippen LogP contribution in [-0.4, -0.2) is 37.9 Å². The minimum atomic E-state index is -4.74. The number of halogens is 7. The molecule has 0 N–H and O–H groups in total. The molecule has 0 spiro atoms. The summed E-state index contributed by atoms with van der Waals surface area (Å²) >= 11 is 21.3. The van der Waals surface area contributed by atoms with E-state index in [1.54, 1.807) is 18.2 Å². The maximum absolute atomic E-state index is 14.3. The zero-order chi connectivity index (χ0) is 22.6. The van der Waals surface area contributed by atoms with E-state index in [0.717, 1.165) is 12.1 Å². The van der Waals surface area contributed by atoms with E-state index < -0.39 is 24.6 Å². The van der Waals surface area contributed by atoms with Gasteiger partial charge >= 0.3 is 6.18 Å². The lowest BCUT2D eigenvalue weighted by Crippen LogP contribution is -2.45. The third-order valence-corrected chi connectivity index (χ3v) is 7.04. The summed E-state index contributed by atoms with van der Waals surface area (Å²) in [4.78, 5) is 3.86. The highest BCUT2D eigenvalue weighted by Gasteiger charge is 2.63. The Balaban J connectivity index is 1.77. The van der Waals surface area contributed by atoms with Crippen molar-refractivity contribution < 1.29 is 17.9 Å². The second-order valence-corrected chi connectivity index (χ2v) is 9.05. The van der Waals surface area contributed by atoms with Crippen LogP contribution in [0.15, 0.2) is 47.5 Å². The Labute approximate surface area is 197 Å². The maximum Gasteiger partial charge on any atom is 0.405 e. The Morgan fingerprint density at radius 2 is 1.81 bits per heavy atom. The second-order valence-electron chi connectivity index (χ2n) is 7.00. The fourth-order valence-electron chi connectivity index (χ4n) is 3.60. The van der Waals surface area contributed by atoms with E-state index in [-0.39, 0.29) is 26.3 Å². The van der Waals surface area contributed by atoms with E-state index in [1.807, 2.05) is 0 Å². The van der Waals surface area contributed by atoms with Gasteiger partial charge in [-0.25, -0.2) is 14.4 Å². The summed E-state index contributed by atoms with van der Waals surface area (Å²) in [5.74, 6) is 0. The fourth-order valence-corrected chi connectivity index (χ4v) is 4.76. The van der Waals surface area contributed by atoms with E-state index in [2.05, 4.69) is 26.0 Å². The van der Waals surface area contributed by atoms with Crippen molar-refractivity contribution in [3.8, 4) is 5.69 Å². The van der Waals surface area contributed by atoms with E-state index in [9.17, 15) is 18.4 Å². The van der Waals surface area contributed by atoms with Crippen molar-refractivity contribution in [3.63, 3.8) is 0 Å². The van der Waals surface area contributed by atoms with Gasteiger partial charge in [-0.3, -0.25) is 0 Å². The predicted octanol–water partition coefficient (Wildman–Crippen LogP) is 6.19. The molecule has 162 valence electrons. The number of benzene rings is 2. The molecule has 12 heteroatoms. The summed E-state index contributed by atoms with van der Waals surface area (Å²) in [6.45, 7) is -0.831. The van der Waals surface area contributed by atoms with Crippen molar-refractivity contribution in [1.29, 1.82) is 0 Å². The number of nitrogens with zero attached hydrogens (tertiary/aromatic N) is 4. The van der Waals surface area contributed by atoms with Crippen LogP contribution >= 0.6 is 50.7 Å². The normalized spacial score (nSPS) is 19.3. The lowest BCUT2D eigenvalue weighted by molar-refractivity contribution is -0.465. The maximum atomic E-state index is 14.3. The Morgan fingerprint density at radius 1 is 1.13 bits per heavy atom. The minimum Gasteiger partial charge on any atom is -0.624 e. The van der Waals surface area contributed by atoms with Crippen molar-refractivity contribution >= 4 is 56.4 Å². The second kappa shape index (κ2) is 7.95. The summed E-state index contributed by atoms with van der Waals surface area (Å²) in [5.41, 5.74) is -1.74. The smallest absolute Gasteiger partial charge is 0.405 e. The summed E-state index contributed by atoms with van der Waals surface area (Å²) in [6.07, 6.45) is -2.49. The molecule has 0 amide bonds. The van der Waals surface area contributed by atoms with Gasteiger partial charge < -0.3 is 5.21 Å². The SMILES string of the molecule is [O-][N+]1=C(c2ccc(-n3cncn3)c(Br)c2)CC(c2cc(Cl)c(Cl)c(Cl)c2)(C(F)(F)F)C1. The average molecular weight is 555 g/mol. The van der Waals surface area contributed by atoms with Crippen molar-refractivity contribution in [2.45, 2.75) is 18.0 Å². The standard InChI is InChI=1S/C19H11BrCl3F3N4O/c20-12-3-10(1-2-15(12)29-9-27-8-28-29)16-6-18(7-30(16)31,19(24,25)26)11-4-13(21)17(23)14(22)5-11/h1-5,8-9H,6-7H2. The number of rotatable bonds is 3. The molecule has 1 atom stereocenters. The van der Waals surface area contributed by atoms with E-state index in [1.165, 1.54) is 17.3 Å². The van der Waals surface area contributed by atoms with E-state index in [0.29, 0.717) is 20.5 Å². The monoisotopic (exact) mass is 552 g/mol. The van der Waals surface area contributed by atoms with Gasteiger partial charge in [-0.1, -0.05) is 34.8 Å². The molecule has 0 saturated carbocycles. The van der Waals surface area contributed by atoms with Crippen LogP contribution in [0.1, 0.15) is 17.5 Å². The first-order valence-corrected chi connectivity index (χ1v) is 10.6. The van der Waals surface area contributed by atoms with Crippen LogP contribution in [0, 0.1) is 5.21 Å². The lowest BCUT2D eigenvalue weighted by Gasteiger charge is -2.29. The lowest BCUT2D eigenvalue weighted by atomic mass is 9.76. The molecule has 4 rings (SSSR count). The highest BCUT2D eigenvalue weighted by Crippen LogP contribution is 2.49. The fraction of sp³-hybridized carbons (Fsp3) is 0.211. The number of hydrogen-bond donors (Lipinski definition) is 0. The number of alkyl halides is 3. The van der Waals surface area contributed by atoms with Gasteiger partial charge in [0.1, 0.15) is 12.7 Å². The van der Waals surface area contributed by atoms with Crippen molar-refractivity contribution in [2.24, 2.45) is 0 Å². The van der Waals surface area contributed by atoms with Crippen molar-refractivity contribution in [3.05, 3.63) is 78.9 Å². The molecule has 1 aliphatic heterocycles. The molecule has 2 heterocycles. The molecular formula is C19H11BrCl3F3N4O. The Hall–Kier alpha value is -1.81. The van der Waals surface area contributed by atoms with Gasteiger partial charge in [-0.05, 0) is 51.8 Å². The first kappa shape index (κ1) is 22.4. The van der Waals surface area contributed by atoms with Gasteiger partial charge in [0.05, 0.1) is 27.2 Å². The summed E-state index contributed by atoms with van der Waals surface area (Å²) < 4.78 is 45.4. The molecule has 1 aliphatic rings. The highest BCUT2D eigenvalue weighted by atomic mass is 79.9. The number of aromatic nitrogens is 3. The topological polar surface area (TPSA) is 56.8 Å². The Morgan fingerprint density at radius 3 is 2.35 bits per heavy atom. The molecule has 1 aromatic heterocycles. The molecule has 5 nitrogen and oxygen atoms in total. The van der Waals surface area contributed by atoms with Gasteiger partial charge in [-0.15, -0.1) is 0 Å².